The Balaban J connectivity index is 1.27. The van der Waals surface area contributed by atoms with Gasteiger partial charge in [-0.05, 0) is 42.5 Å². The van der Waals surface area contributed by atoms with Crippen LogP contribution in [0.3, 0.4) is 0 Å². The summed E-state index contributed by atoms with van der Waals surface area (Å²) in [6.45, 7) is 2.79. The van der Waals surface area contributed by atoms with Gasteiger partial charge >= 0.3 is 6.03 Å². The van der Waals surface area contributed by atoms with Crippen molar-refractivity contribution in [1.82, 2.24) is 9.97 Å². The van der Waals surface area contributed by atoms with E-state index < -0.39 is 11.8 Å². The van der Waals surface area contributed by atoms with Crippen LogP contribution < -0.4 is 20.3 Å². The summed E-state index contributed by atoms with van der Waals surface area (Å²) in [7, 11) is 0. The van der Waals surface area contributed by atoms with Gasteiger partial charge < -0.3 is 25.0 Å². The van der Waals surface area contributed by atoms with Crippen molar-refractivity contribution in [3.8, 4) is 11.5 Å². The Hall–Kier alpha value is -3.95. The number of halogens is 2. The maximum absolute atomic E-state index is 14.7. The average Bonchev–Trinajstić information content (AvgIpc) is 2.86. The van der Waals surface area contributed by atoms with E-state index in [0.717, 1.165) is 18.9 Å². The van der Waals surface area contributed by atoms with Crippen LogP contribution in [-0.4, -0.2) is 42.3 Å². The molecule has 3 aromatic carbocycles. The van der Waals surface area contributed by atoms with Crippen molar-refractivity contribution in [2.45, 2.75) is 0 Å². The van der Waals surface area contributed by atoms with Crippen molar-refractivity contribution < 1.29 is 18.7 Å². The highest BCUT2D eigenvalue weighted by Crippen LogP contribution is 2.29. The fourth-order valence-electron chi connectivity index (χ4n) is 3.64. The second-order valence-corrected chi connectivity index (χ2v) is 8.25. The Kier molecular flexibility index (Phi) is 6.60. The van der Waals surface area contributed by atoms with Gasteiger partial charge in [0, 0.05) is 41.6 Å². The molecule has 1 saturated heterocycles. The Bertz CT molecular complexity index is 1380. The van der Waals surface area contributed by atoms with E-state index in [1.54, 1.807) is 54.7 Å². The lowest BCUT2D eigenvalue weighted by Gasteiger charge is -2.27. The molecule has 0 radical (unpaired) electrons. The van der Waals surface area contributed by atoms with Crippen LogP contribution in [0.4, 0.5) is 26.4 Å². The van der Waals surface area contributed by atoms with Crippen LogP contribution >= 0.6 is 11.6 Å². The monoisotopic (exact) mass is 493 g/mol. The largest absolute Gasteiger partial charge is 0.454 e. The second kappa shape index (κ2) is 10.1. The third-order valence-corrected chi connectivity index (χ3v) is 5.57. The molecule has 4 aromatic rings. The number of aromatic nitrogens is 2. The number of carbonyl (C=O) groups is 1. The first-order valence-corrected chi connectivity index (χ1v) is 11.3. The highest BCUT2D eigenvalue weighted by atomic mass is 35.5. The molecular weight excluding hydrogens is 473 g/mol. The molecule has 1 aliphatic rings. The number of fused-ring (bicyclic) bond motifs is 1. The molecule has 0 aliphatic carbocycles. The lowest BCUT2D eigenvalue weighted by molar-refractivity contribution is 0.122. The second-order valence-electron chi connectivity index (χ2n) is 7.81. The number of ether oxygens (including phenoxy) is 2. The molecule has 1 aromatic heterocycles. The van der Waals surface area contributed by atoms with E-state index in [-0.39, 0.29) is 11.4 Å². The maximum atomic E-state index is 14.7. The minimum absolute atomic E-state index is 0.0162. The van der Waals surface area contributed by atoms with Gasteiger partial charge in [0.25, 0.3) is 0 Å². The van der Waals surface area contributed by atoms with Gasteiger partial charge in [-0.3, -0.25) is 4.98 Å². The van der Waals surface area contributed by atoms with Gasteiger partial charge in [0.15, 0.2) is 11.6 Å². The van der Waals surface area contributed by atoms with Crippen molar-refractivity contribution in [2.24, 2.45) is 0 Å². The Morgan fingerprint density at radius 1 is 1.00 bits per heavy atom. The topological polar surface area (TPSA) is 88.6 Å². The van der Waals surface area contributed by atoms with E-state index >= 15 is 0 Å². The molecule has 5 rings (SSSR count). The van der Waals surface area contributed by atoms with Gasteiger partial charge in [-0.2, -0.15) is 0 Å². The Morgan fingerprint density at radius 3 is 2.57 bits per heavy atom. The molecule has 1 fully saturated rings. The molecule has 8 nitrogen and oxygen atoms in total. The summed E-state index contributed by atoms with van der Waals surface area (Å²) < 4.78 is 25.9. The summed E-state index contributed by atoms with van der Waals surface area (Å²) in [6.07, 6.45) is 1.74. The first kappa shape index (κ1) is 22.8. The third kappa shape index (κ3) is 5.59. The summed E-state index contributed by atoms with van der Waals surface area (Å²) in [5, 5.41) is 5.71. The number of carbonyl (C=O) groups excluding carboxylic acids is 1. The molecule has 0 atom stereocenters. The zero-order chi connectivity index (χ0) is 24.2. The molecule has 178 valence electrons. The van der Waals surface area contributed by atoms with E-state index in [4.69, 9.17) is 21.1 Å². The Labute approximate surface area is 205 Å². The number of benzene rings is 3. The molecule has 0 bridgehead atoms. The molecule has 2 N–H and O–H groups in total. The molecular formula is C25H21ClFN5O3. The highest BCUT2D eigenvalue weighted by Gasteiger charge is 2.14. The quantitative estimate of drug-likeness (QED) is 0.371. The van der Waals surface area contributed by atoms with E-state index in [2.05, 4.69) is 25.5 Å². The maximum Gasteiger partial charge on any atom is 0.323 e. The smallest absolute Gasteiger partial charge is 0.323 e. The molecule has 35 heavy (non-hydrogen) atoms. The molecule has 0 spiro atoms. The summed E-state index contributed by atoms with van der Waals surface area (Å²) >= 11 is 5.92. The van der Waals surface area contributed by atoms with E-state index in [1.165, 1.54) is 12.1 Å². The molecule has 2 heterocycles. The van der Waals surface area contributed by atoms with E-state index in [9.17, 15) is 9.18 Å². The Morgan fingerprint density at radius 2 is 1.80 bits per heavy atom. The summed E-state index contributed by atoms with van der Waals surface area (Å²) in [4.78, 5) is 23.5. The summed E-state index contributed by atoms with van der Waals surface area (Å²) in [5.74, 6) is 0.570. The lowest BCUT2D eigenvalue weighted by atomic mass is 10.2. The molecule has 1 aliphatic heterocycles. The minimum Gasteiger partial charge on any atom is -0.454 e. The van der Waals surface area contributed by atoms with Gasteiger partial charge in [0.1, 0.15) is 11.6 Å². The fourth-order valence-corrected chi connectivity index (χ4v) is 3.83. The molecule has 0 unspecified atom stereocenters. The van der Waals surface area contributed by atoms with Crippen molar-refractivity contribution in [2.75, 3.05) is 41.8 Å². The molecule has 0 saturated carbocycles. The average molecular weight is 494 g/mol. The van der Waals surface area contributed by atoms with Gasteiger partial charge in [0.05, 0.1) is 30.4 Å². The normalized spacial score (nSPS) is 13.5. The number of urea groups is 1. The van der Waals surface area contributed by atoms with Crippen LogP contribution in [0.5, 0.6) is 11.5 Å². The number of rotatable bonds is 5. The summed E-state index contributed by atoms with van der Waals surface area (Å²) in [6, 6.07) is 15.6. The van der Waals surface area contributed by atoms with E-state index in [1.807, 2.05) is 0 Å². The van der Waals surface area contributed by atoms with Crippen LogP contribution in [0.25, 0.3) is 11.0 Å². The number of morpholine rings is 1. The van der Waals surface area contributed by atoms with Gasteiger partial charge in [-0.25, -0.2) is 14.2 Å². The predicted octanol–water partition coefficient (Wildman–Crippen LogP) is 5.70. The standard InChI is InChI=1S/C25H21ClFN5O3/c26-16-2-1-3-17(12-16)29-25(33)30-18-4-7-23(20(27)13-18)35-19-5-6-21-22(14-19)31-24(15-28-21)32-8-10-34-11-9-32/h1-7,12-15H,8-11H2,(H2,29,30,33). The zero-order valence-corrected chi connectivity index (χ0v) is 19.3. The zero-order valence-electron chi connectivity index (χ0n) is 18.5. The predicted molar refractivity (Wildman–Crippen MR) is 133 cm³/mol. The van der Waals surface area contributed by atoms with Crippen LogP contribution in [0.1, 0.15) is 0 Å². The first-order chi connectivity index (χ1) is 17.0. The van der Waals surface area contributed by atoms with Crippen LogP contribution in [0, 0.1) is 5.82 Å². The molecule has 2 amide bonds. The van der Waals surface area contributed by atoms with E-state index in [0.29, 0.717) is 40.7 Å². The number of hydrogen-bond donors (Lipinski definition) is 2. The number of hydrogen-bond acceptors (Lipinski definition) is 6. The van der Waals surface area contributed by atoms with Crippen molar-refractivity contribution in [3.05, 3.63) is 77.7 Å². The van der Waals surface area contributed by atoms with Crippen molar-refractivity contribution in [3.63, 3.8) is 0 Å². The van der Waals surface area contributed by atoms with Crippen molar-refractivity contribution in [1.29, 1.82) is 0 Å². The van der Waals surface area contributed by atoms with Crippen molar-refractivity contribution >= 4 is 45.9 Å². The SMILES string of the molecule is O=C(Nc1cccc(Cl)c1)Nc1ccc(Oc2ccc3ncc(N4CCOCC4)nc3c2)c(F)c1. The molecule has 10 heteroatoms. The van der Waals surface area contributed by atoms with Gasteiger partial charge in [-0.1, -0.05) is 17.7 Å². The number of nitrogens with one attached hydrogen (secondary N) is 2. The first-order valence-electron chi connectivity index (χ1n) is 10.9. The minimum atomic E-state index is -0.626. The van der Waals surface area contributed by atoms with Crippen LogP contribution in [0.2, 0.25) is 5.02 Å². The van der Waals surface area contributed by atoms with Crippen LogP contribution in [-0.2, 0) is 4.74 Å². The van der Waals surface area contributed by atoms with Crippen LogP contribution in [0.15, 0.2) is 66.9 Å². The summed E-state index contributed by atoms with van der Waals surface area (Å²) in [5.41, 5.74) is 2.14. The van der Waals surface area contributed by atoms with Gasteiger partial charge in [0.2, 0.25) is 0 Å². The highest BCUT2D eigenvalue weighted by molar-refractivity contribution is 6.30. The number of amides is 2. The number of nitrogens with zero attached hydrogens (tertiary/aromatic N) is 3. The fraction of sp³-hybridized carbons (Fsp3) is 0.160. The third-order valence-electron chi connectivity index (χ3n) is 5.34. The lowest BCUT2D eigenvalue weighted by Crippen LogP contribution is -2.36. The number of anilines is 3. The van der Waals surface area contributed by atoms with Gasteiger partial charge in [-0.15, -0.1) is 0 Å².